The zero-order valence-corrected chi connectivity index (χ0v) is 8.08. The van der Waals surface area contributed by atoms with Crippen LogP contribution in [0.15, 0.2) is 41.2 Å². The molecule has 0 saturated heterocycles. The summed E-state index contributed by atoms with van der Waals surface area (Å²) >= 11 is 0. The van der Waals surface area contributed by atoms with Crippen LogP contribution in [-0.2, 0) is 6.42 Å². The first-order chi connectivity index (χ1) is 6.24. The van der Waals surface area contributed by atoms with Crippen LogP contribution in [0.1, 0.15) is 18.1 Å². The maximum absolute atomic E-state index is 11.4. The molecule has 0 bridgehead atoms. The minimum absolute atomic E-state index is 0.115. The molecule has 0 aliphatic carbocycles. The molecule has 0 spiro atoms. The van der Waals surface area contributed by atoms with Crippen molar-refractivity contribution in [3.05, 3.63) is 57.8 Å². The summed E-state index contributed by atoms with van der Waals surface area (Å²) in [7, 11) is 0. The van der Waals surface area contributed by atoms with E-state index < -0.39 is 0 Å². The second-order valence-electron chi connectivity index (χ2n) is 3.07. The van der Waals surface area contributed by atoms with Gasteiger partial charge in [-0.25, -0.2) is 0 Å². The molecule has 0 aromatic heterocycles. The highest BCUT2D eigenvalue weighted by molar-refractivity contribution is 5.21. The molecule has 0 saturated carbocycles. The van der Waals surface area contributed by atoms with E-state index in [2.05, 4.69) is 0 Å². The van der Waals surface area contributed by atoms with Crippen molar-refractivity contribution in [1.29, 1.82) is 0 Å². The van der Waals surface area contributed by atoms with Crippen molar-refractivity contribution in [1.82, 2.24) is 0 Å². The Morgan fingerprint density at radius 2 is 2.15 bits per heavy atom. The van der Waals surface area contributed by atoms with Crippen LogP contribution in [0.3, 0.4) is 0 Å². The van der Waals surface area contributed by atoms with Gasteiger partial charge >= 0.3 is 0 Å². The molecule has 0 aliphatic heterocycles. The molecule has 1 aromatic carbocycles. The van der Waals surface area contributed by atoms with Gasteiger partial charge in [0.2, 0.25) is 0 Å². The fraction of sp³-hybridized carbons (Fsp3) is 0.250. The SMILES string of the molecule is C/C=C\Cc1cccc(C)c(=O)c1. The second-order valence-corrected chi connectivity index (χ2v) is 3.07. The number of allylic oxidation sites excluding steroid dienone is 2. The van der Waals surface area contributed by atoms with E-state index in [0.29, 0.717) is 0 Å². The van der Waals surface area contributed by atoms with Crippen molar-refractivity contribution in [3.63, 3.8) is 0 Å². The van der Waals surface area contributed by atoms with Crippen LogP contribution in [-0.4, -0.2) is 0 Å². The van der Waals surface area contributed by atoms with E-state index in [9.17, 15) is 4.79 Å². The molecule has 0 unspecified atom stereocenters. The first-order valence-electron chi connectivity index (χ1n) is 4.45. The van der Waals surface area contributed by atoms with Gasteiger partial charge in [-0.3, -0.25) is 4.79 Å². The van der Waals surface area contributed by atoms with Gasteiger partial charge in [0.25, 0.3) is 0 Å². The van der Waals surface area contributed by atoms with Crippen molar-refractivity contribution in [3.8, 4) is 0 Å². The summed E-state index contributed by atoms with van der Waals surface area (Å²) < 4.78 is 0. The molecule has 0 amide bonds. The highest BCUT2D eigenvalue weighted by Gasteiger charge is 1.91. The molecular weight excluding hydrogens is 160 g/mol. The van der Waals surface area contributed by atoms with E-state index in [1.54, 1.807) is 6.07 Å². The van der Waals surface area contributed by atoms with Gasteiger partial charge < -0.3 is 0 Å². The zero-order chi connectivity index (χ0) is 9.68. The predicted octanol–water partition coefficient (Wildman–Crippen LogP) is 2.47. The van der Waals surface area contributed by atoms with Crippen LogP contribution < -0.4 is 5.43 Å². The third-order valence-electron chi connectivity index (χ3n) is 1.95. The van der Waals surface area contributed by atoms with Gasteiger partial charge in [-0.1, -0.05) is 30.4 Å². The van der Waals surface area contributed by atoms with Gasteiger partial charge in [-0.2, -0.15) is 0 Å². The Morgan fingerprint density at radius 3 is 2.85 bits per heavy atom. The fourth-order valence-corrected chi connectivity index (χ4v) is 1.11. The van der Waals surface area contributed by atoms with Crippen molar-refractivity contribution in [2.75, 3.05) is 0 Å². The minimum Gasteiger partial charge on any atom is -0.290 e. The topological polar surface area (TPSA) is 17.1 Å². The number of hydrogen-bond donors (Lipinski definition) is 0. The summed E-state index contributed by atoms with van der Waals surface area (Å²) in [5.41, 5.74) is 1.98. The molecule has 1 aromatic rings. The van der Waals surface area contributed by atoms with Crippen molar-refractivity contribution in [2.24, 2.45) is 0 Å². The smallest absolute Gasteiger partial charge is 0.181 e. The molecule has 0 heterocycles. The van der Waals surface area contributed by atoms with Crippen molar-refractivity contribution in [2.45, 2.75) is 20.3 Å². The molecule has 13 heavy (non-hydrogen) atoms. The lowest BCUT2D eigenvalue weighted by molar-refractivity contribution is 1.26. The van der Waals surface area contributed by atoms with Crippen LogP contribution in [0.2, 0.25) is 0 Å². The van der Waals surface area contributed by atoms with Gasteiger partial charge in [0.1, 0.15) is 0 Å². The first kappa shape index (κ1) is 9.72. The van der Waals surface area contributed by atoms with Gasteiger partial charge in [-0.05, 0) is 37.5 Å². The summed E-state index contributed by atoms with van der Waals surface area (Å²) in [5.74, 6) is 0. The molecule has 0 atom stereocenters. The maximum Gasteiger partial charge on any atom is 0.181 e. The molecule has 0 N–H and O–H groups in total. The van der Waals surface area contributed by atoms with Gasteiger partial charge in [-0.15, -0.1) is 0 Å². The number of hydrogen-bond acceptors (Lipinski definition) is 1. The van der Waals surface area contributed by atoms with E-state index >= 15 is 0 Å². The fourth-order valence-electron chi connectivity index (χ4n) is 1.11. The summed E-state index contributed by atoms with van der Waals surface area (Å²) in [6.45, 7) is 3.81. The standard InChI is InChI=1S/C12H14O/c1-3-4-7-11-8-5-6-10(2)12(13)9-11/h3-6,8-9H,7H2,1-2H3/b4-3-. The quantitative estimate of drug-likeness (QED) is 0.629. The molecule has 1 rings (SSSR count). The first-order valence-corrected chi connectivity index (χ1v) is 4.45. The predicted molar refractivity (Wildman–Crippen MR) is 56.0 cm³/mol. The lowest BCUT2D eigenvalue weighted by atomic mass is 10.2. The Hall–Kier alpha value is -1.37. The van der Waals surface area contributed by atoms with E-state index in [1.807, 2.05) is 44.2 Å². The second kappa shape index (κ2) is 4.61. The van der Waals surface area contributed by atoms with Gasteiger partial charge in [0.05, 0.1) is 0 Å². The van der Waals surface area contributed by atoms with Crippen LogP contribution >= 0.6 is 0 Å². The molecule has 1 nitrogen and oxygen atoms in total. The lowest BCUT2D eigenvalue weighted by Gasteiger charge is -1.87. The summed E-state index contributed by atoms with van der Waals surface area (Å²) in [6.07, 6.45) is 4.87. The summed E-state index contributed by atoms with van der Waals surface area (Å²) in [6, 6.07) is 7.46. The van der Waals surface area contributed by atoms with Gasteiger partial charge in [0, 0.05) is 0 Å². The van der Waals surface area contributed by atoms with Crippen molar-refractivity contribution >= 4 is 0 Å². The molecule has 68 valence electrons. The highest BCUT2D eigenvalue weighted by atomic mass is 16.1. The van der Waals surface area contributed by atoms with Crippen LogP contribution in [0, 0.1) is 6.92 Å². The lowest BCUT2D eigenvalue weighted by Crippen LogP contribution is -1.99. The Labute approximate surface area is 78.7 Å². The van der Waals surface area contributed by atoms with Crippen LogP contribution in [0.4, 0.5) is 0 Å². The molecule has 0 aliphatic rings. The Kier molecular flexibility index (Phi) is 3.44. The Morgan fingerprint density at radius 1 is 1.38 bits per heavy atom. The van der Waals surface area contributed by atoms with E-state index in [-0.39, 0.29) is 5.43 Å². The molecule has 0 radical (unpaired) electrons. The number of aryl methyl sites for hydroxylation is 1. The zero-order valence-electron chi connectivity index (χ0n) is 8.08. The third kappa shape index (κ3) is 2.86. The minimum atomic E-state index is 0.115. The van der Waals surface area contributed by atoms with Crippen LogP contribution in [0.5, 0.6) is 0 Å². The van der Waals surface area contributed by atoms with Crippen LogP contribution in [0.25, 0.3) is 0 Å². The maximum atomic E-state index is 11.4. The largest absolute Gasteiger partial charge is 0.290 e. The average Bonchev–Trinajstić information content (AvgIpc) is 2.26. The summed E-state index contributed by atoms with van der Waals surface area (Å²) in [4.78, 5) is 11.4. The van der Waals surface area contributed by atoms with E-state index in [1.165, 1.54) is 0 Å². The summed E-state index contributed by atoms with van der Waals surface area (Å²) in [5, 5.41) is 0. The average molecular weight is 174 g/mol. The Bertz CT molecular complexity index is 364. The molecular formula is C12H14O. The van der Waals surface area contributed by atoms with E-state index in [0.717, 1.165) is 17.5 Å². The monoisotopic (exact) mass is 174 g/mol. The van der Waals surface area contributed by atoms with E-state index in [4.69, 9.17) is 0 Å². The Balaban J connectivity index is 3.06. The normalized spacial score (nSPS) is 10.6. The molecule has 0 fully saturated rings. The molecule has 1 heteroatoms. The van der Waals surface area contributed by atoms with Crippen molar-refractivity contribution < 1.29 is 0 Å². The highest BCUT2D eigenvalue weighted by Crippen LogP contribution is 1.98. The number of rotatable bonds is 2. The van der Waals surface area contributed by atoms with Gasteiger partial charge in [0.15, 0.2) is 5.43 Å². The third-order valence-corrected chi connectivity index (χ3v) is 1.95.